The van der Waals surface area contributed by atoms with Crippen molar-refractivity contribution in [3.8, 4) is 0 Å². The molecule has 2 fully saturated rings. The monoisotopic (exact) mass is 242 g/mol. The first kappa shape index (κ1) is 12.1. The summed E-state index contributed by atoms with van der Waals surface area (Å²) in [4.78, 5) is 11.8. The van der Waals surface area contributed by atoms with Gasteiger partial charge >= 0.3 is 5.97 Å². The Morgan fingerprint density at radius 2 is 2.12 bits per heavy atom. The van der Waals surface area contributed by atoms with E-state index in [2.05, 4.69) is 19.6 Å². The molecule has 0 aliphatic heterocycles. The van der Waals surface area contributed by atoms with Gasteiger partial charge in [0, 0.05) is 5.92 Å². The Balaban J connectivity index is 2.06. The molecule has 2 aliphatic carbocycles. The molecule has 0 aromatic heterocycles. The van der Waals surface area contributed by atoms with E-state index < -0.39 is 8.32 Å². The summed E-state index contributed by atoms with van der Waals surface area (Å²) in [6, 6.07) is 0. The molecule has 3 atom stereocenters. The van der Waals surface area contributed by atoms with E-state index in [1.807, 2.05) is 6.92 Å². The van der Waals surface area contributed by atoms with Crippen molar-refractivity contribution in [2.24, 2.45) is 11.8 Å². The lowest BCUT2D eigenvalue weighted by atomic mass is 10.1. The first-order valence-electron chi connectivity index (χ1n) is 6.27. The van der Waals surface area contributed by atoms with Crippen LogP contribution in [0.25, 0.3) is 0 Å². The second-order valence-electron chi connectivity index (χ2n) is 5.90. The van der Waals surface area contributed by atoms with Crippen molar-refractivity contribution in [2.45, 2.75) is 51.4 Å². The van der Waals surface area contributed by atoms with Crippen LogP contribution in [-0.4, -0.2) is 26.5 Å². The molecule has 0 saturated heterocycles. The van der Waals surface area contributed by atoms with Gasteiger partial charge in [-0.3, -0.25) is 4.79 Å². The van der Waals surface area contributed by atoms with Gasteiger partial charge in [-0.15, -0.1) is 0 Å². The fourth-order valence-corrected chi connectivity index (χ4v) is 4.72. The SMILES string of the molecule is CCOC(=O)[C@H]1[C@H]2CCC[C@]21O[Si](C)(C)C. The smallest absolute Gasteiger partial charge is 0.312 e. The molecule has 0 N–H and O–H groups in total. The summed E-state index contributed by atoms with van der Waals surface area (Å²) < 4.78 is 11.4. The van der Waals surface area contributed by atoms with Gasteiger partial charge in [-0.25, -0.2) is 0 Å². The largest absolute Gasteiger partial charge is 0.466 e. The van der Waals surface area contributed by atoms with E-state index in [4.69, 9.17) is 9.16 Å². The molecule has 4 heteroatoms. The molecule has 16 heavy (non-hydrogen) atoms. The lowest BCUT2D eigenvalue weighted by molar-refractivity contribution is -0.146. The molecule has 3 nitrogen and oxygen atoms in total. The number of esters is 1. The summed E-state index contributed by atoms with van der Waals surface area (Å²) in [5.41, 5.74) is -0.128. The summed E-state index contributed by atoms with van der Waals surface area (Å²) in [6.45, 7) is 8.92. The maximum atomic E-state index is 11.8. The van der Waals surface area contributed by atoms with E-state index in [-0.39, 0.29) is 17.5 Å². The lowest BCUT2D eigenvalue weighted by Crippen LogP contribution is -2.35. The average Bonchev–Trinajstić information content (AvgIpc) is 2.52. The van der Waals surface area contributed by atoms with Crippen LogP contribution in [0.3, 0.4) is 0 Å². The van der Waals surface area contributed by atoms with E-state index >= 15 is 0 Å². The van der Waals surface area contributed by atoms with Crippen LogP contribution in [0.2, 0.25) is 19.6 Å². The van der Waals surface area contributed by atoms with E-state index in [1.54, 1.807) is 0 Å². The third-order valence-electron chi connectivity index (χ3n) is 3.57. The molecule has 2 rings (SSSR count). The van der Waals surface area contributed by atoms with Crippen LogP contribution < -0.4 is 0 Å². The summed E-state index contributed by atoms with van der Waals surface area (Å²) >= 11 is 0. The molecule has 0 unspecified atom stereocenters. The zero-order chi connectivity index (χ0) is 12.0. The molecule has 92 valence electrons. The fraction of sp³-hybridized carbons (Fsp3) is 0.917. The van der Waals surface area contributed by atoms with Crippen LogP contribution in [0.5, 0.6) is 0 Å². The number of hydrogen-bond acceptors (Lipinski definition) is 3. The van der Waals surface area contributed by atoms with Gasteiger partial charge in [0.15, 0.2) is 8.32 Å². The average molecular weight is 242 g/mol. The normalized spacial score (nSPS) is 37.0. The van der Waals surface area contributed by atoms with E-state index in [0.717, 1.165) is 12.8 Å². The predicted molar refractivity (Wildman–Crippen MR) is 64.6 cm³/mol. The van der Waals surface area contributed by atoms with Crippen molar-refractivity contribution < 1.29 is 14.0 Å². The molecule has 0 aromatic rings. The molecular formula is C12H22O3Si. The van der Waals surface area contributed by atoms with Crippen LogP contribution >= 0.6 is 0 Å². The highest BCUT2D eigenvalue weighted by molar-refractivity contribution is 6.69. The first-order chi connectivity index (χ1) is 7.41. The van der Waals surface area contributed by atoms with Crippen LogP contribution in [-0.2, 0) is 14.0 Å². The minimum Gasteiger partial charge on any atom is -0.466 e. The standard InChI is InChI=1S/C12H22O3Si/c1-5-14-11(13)10-9-7-6-8-12(9,10)15-16(2,3)4/h9-10H,5-8H2,1-4H3/t9-,10-,12+/m1/s1. The van der Waals surface area contributed by atoms with Crippen molar-refractivity contribution in [1.82, 2.24) is 0 Å². The highest BCUT2D eigenvalue weighted by atomic mass is 28.4. The van der Waals surface area contributed by atoms with Gasteiger partial charge < -0.3 is 9.16 Å². The Kier molecular flexibility index (Phi) is 2.91. The van der Waals surface area contributed by atoms with Crippen LogP contribution in [0.15, 0.2) is 0 Å². The minimum atomic E-state index is -1.57. The maximum absolute atomic E-state index is 11.8. The van der Waals surface area contributed by atoms with Crippen LogP contribution in [0.4, 0.5) is 0 Å². The molecular weight excluding hydrogens is 220 g/mol. The number of hydrogen-bond donors (Lipinski definition) is 0. The summed E-state index contributed by atoms with van der Waals surface area (Å²) in [5.74, 6) is 0.441. The van der Waals surface area contributed by atoms with Gasteiger partial charge in [-0.05, 0) is 39.4 Å². The summed E-state index contributed by atoms with van der Waals surface area (Å²) in [6.07, 6.45) is 3.38. The maximum Gasteiger partial charge on any atom is 0.312 e. The minimum absolute atomic E-state index is 0.0351. The molecule has 0 aromatic carbocycles. The molecule has 2 aliphatic rings. The number of carbonyl (C=O) groups is 1. The third kappa shape index (κ3) is 1.93. The van der Waals surface area contributed by atoms with E-state index in [9.17, 15) is 4.79 Å². The lowest BCUT2D eigenvalue weighted by Gasteiger charge is -2.26. The summed E-state index contributed by atoms with van der Waals surface area (Å²) in [5, 5.41) is 0. The van der Waals surface area contributed by atoms with Crippen molar-refractivity contribution in [1.29, 1.82) is 0 Å². The third-order valence-corrected chi connectivity index (χ3v) is 4.56. The number of fused-ring (bicyclic) bond motifs is 1. The van der Waals surface area contributed by atoms with Gasteiger partial charge in [-0.1, -0.05) is 6.42 Å². The van der Waals surface area contributed by atoms with E-state index in [1.165, 1.54) is 6.42 Å². The molecule has 0 amide bonds. The second-order valence-corrected chi connectivity index (χ2v) is 10.3. The molecule has 0 heterocycles. The number of ether oxygens (including phenoxy) is 1. The Morgan fingerprint density at radius 1 is 1.44 bits per heavy atom. The van der Waals surface area contributed by atoms with Crippen LogP contribution in [0.1, 0.15) is 26.2 Å². The predicted octanol–water partition coefficient (Wildman–Crippen LogP) is 2.57. The Hall–Kier alpha value is -0.353. The number of carbonyl (C=O) groups excluding carboxylic acids is 1. The van der Waals surface area contributed by atoms with Gasteiger partial charge in [0.2, 0.25) is 0 Å². The van der Waals surface area contributed by atoms with Crippen molar-refractivity contribution >= 4 is 14.3 Å². The highest BCUT2D eigenvalue weighted by Crippen LogP contribution is 2.64. The quantitative estimate of drug-likeness (QED) is 0.561. The first-order valence-corrected chi connectivity index (χ1v) is 9.68. The Morgan fingerprint density at radius 3 is 2.69 bits per heavy atom. The van der Waals surface area contributed by atoms with Gasteiger partial charge in [0.05, 0.1) is 18.1 Å². The molecule has 0 bridgehead atoms. The van der Waals surface area contributed by atoms with Crippen LogP contribution in [0, 0.1) is 11.8 Å². The van der Waals surface area contributed by atoms with E-state index in [0.29, 0.717) is 12.5 Å². The van der Waals surface area contributed by atoms with Crippen molar-refractivity contribution in [3.63, 3.8) is 0 Å². The number of rotatable bonds is 4. The van der Waals surface area contributed by atoms with Crippen molar-refractivity contribution in [3.05, 3.63) is 0 Å². The van der Waals surface area contributed by atoms with Gasteiger partial charge in [0.25, 0.3) is 0 Å². The Labute approximate surface area is 98.6 Å². The fourth-order valence-electron chi connectivity index (χ4n) is 3.20. The van der Waals surface area contributed by atoms with Crippen molar-refractivity contribution in [2.75, 3.05) is 6.61 Å². The second kappa shape index (κ2) is 3.84. The summed E-state index contributed by atoms with van der Waals surface area (Å²) in [7, 11) is -1.57. The topological polar surface area (TPSA) is 35.5 Å². The highest BCUT2D eigenvalue weighted by Gasteiger charge is 2.72. The zero-order valence-corrected chi connectivity index (χ0v) is 11.7. The molecule has 0 spiro atoms. The van der Waals surface area contributed by atoms with Gasteiger partial charge in [-0.2, -0.15) is 0 Å². The Bertz CT molecular complexity index is 297. The zero-order valence-electron chi connectivity index (χ0n) is 10.7. The molecule has 0 radical (unpaired) electrons. The van der Waals surface area contributed by atoms with Gasteiger partial charge in [0.1, 0.15) is 0 Å². The molecule has 2 saturated carbocycles.